The number of phenolic OH excluding ortho intramolecular Hbond substituents is 2. The highest BCUT2D eigenvalue weighted by atomic mass is 16.8. The SMILES string of the molecule is COC(=O)C1=CO[C@@H](O[C@@H]2O[C@@H](CO)[C@@H](O)[C@@H](O)[C@H]2O)[C@H](CC(=O)O)[C@@H]1CC(=O)OCCc1ccc(O)c(O)c1. The van der Waals surface area contributed by atoms with Gasteiger partial charge in [0.2, 0.25) is 6.29 Å². The van der Waals surface area contributed by atoms with E-state index in [9.17, 15) is 50.1 Å². The van der Waals surface area contributed by atoms with E-state index in [1.165, 1.54) is 18.2 Å². The number of aliphatic hydroxyl groups is 4. The number of aliphatic hydroxyl groups excluding tert-OH is 4. The Labute approximate surface area is 227 Å². The van der Waals surface area contributed by atoms with Crippen molar-refractivity contribution in [3.8, 4) is 11.5 Å². The van der Waals surface area contributed by atoms with E-state index in [2.05, 4.69) is 0 Å². The second kappa shape index (κ2) is 13.7. The van der Waals surface area contributed by atoms with Crippen LogP contribution in [0, 0.1) is 11.8 Å². The molecule has 1 saturated heterocycles. The van der Waals surface area contributed by atoms with Crippen molar-refractivity contribution in [1.29, 1.82) is 0 Å². The summed E-state index contributed by atoms with van der Waals surface area (Å²) in [7, 11) is 1.08. The molecule has 7 N–H and O–H groups in total. The summed E-state index contributed by atoms with van der Waals surface area (Å²) < 4.78 is 26.4. The maximum atomic E-state index is 12.7. The zero-order valence-corrected chi connectivity index (χ0v) is 21.4. The van der Waals surface area contributed by atoms with Crippen LogP contribution in [-0.2, 0) is 44.5 Å². The fraction of sp³-hybridized carbons (Fsp3) is 0.560. The van der Waals surface area contributed by atoms with Crippen LogP contribution in [0.2, 0.25) is 0 Å². The lowest BCUT2D eigenvalue weighted by atomic mass is 9.79. The lowest BCUT2D eigenvalue weighted by molar-refractivity contribution is -0.341. The number of methoxy groups -OCH3 is 1. The van der Waals surface area contributed by atoms with Crippen molar-refractivity contribution in [2.75, 3.05) is 20.3 Å². The van der Waals surface area contributed by atoms with Gasteiger partial charge in [-0.3, -0.25) is 9.59 Å². The van der Waals surface area contributed by atoms with Crippen molar-refractivity contribution in [3.05, 3.63) is 35.6 Å². The Morgan fingerprint density at radius 2 is 1.70 bits per heavy atom. The van der Waals surface area contributed by atoms with E-state index in [0.29, 0.717) is 5.56 Å². The molecule has 1 aromatic rings. The zero-order valence-electron chi connectivity index (χ0n) is 21.4. The maximum absolute atomic E-state index is 12.7. The third-order valence-corrected chi connectivity index (χ3v) is 6.62. The molecule has 2 aliphatic rings. The van der Waals surface area contributed by atoms with E-state index in [-0.39, 0.29) is 30.1 Å². The molecule has 0 aromatic heterocycles. The maximum Gasteiger partial charge on any atom is 0.337 e. The van der Waals surface area contributed by atoms with Crippen molar-refractivity contribution < 1.29 is 73.8 Å². The van der Waals surface area contributed by atoms with Crippen LogP contribution in [0.25, 0.3) is 0 Å². The molecule has 0 saturated carbocycles. The van der Waals surface area contributed by atoms with Crippen LogP contribution in [0.3, 0.4) is 0 Å². The molecule has 3 rings (SSSR count). The number of carboxylic acid groups (broad SMARTS) is 1. The molecule has 0 aliphatic carbocycles. The van der Waals surface area contributed by atoms with Crippen molar-refractivity contribution >= 4 is 17.9 Å². The summed E-state index contributed by atoms with van der Waals surface area (Å²) in [6.45, 7) is -0.878. The van der Waals surface area contributed by atoms with Crippen molar-refractivity contribution in [2.45, 2.75) is 56.3 Å². The highest BCUT2D eigenvalue weighted by Crippen LogP contribution is 2.38. The summed E-state index contributed by atoms with van der Waals surface area (Å²) in [5.41, 5.74) is 0.379. The first-order chi connectivity index (χ1) is 19.0. The van der Waals surface area contributed by atoms with E-state index < -0.39 is 86.2 Å². The van der Waals surface area contributed by atoms with E-state index in [1.807, 2.05) is 0 Å². The minimum absolute atomic E-state index is 0.141. The third kappa shape index (κ3) is 7.38. The second-order valence-electron chi connectivity index (χ2n) is 9.27. The third-order valence-electron chi connectivity index (χ3n) is 6.62. The van der Waals surface area contributed by atoms with Gasteiger partial charge in [0.1, 0.15) is 24.4 Å². The fourth-order valence-corrected chi connectivity index (χ4v) is 4.46. The fourth-order valence-electron chi connectivity index (χ4n) is 4.46. The molecule has 15 nitrogen and oxygen atoms in total. The molecule has 222 valence electrons. The largest absolute Gasteiger partial charge is 0.504 e. The van der Waals surface area contributed by atoms with Crippen molar-refractivity contribution in [2.24, 2.45) is 11.8 Å². The smallest absolute Gasteiger partial charge is 0.337 e. The van der Waals surface area contributed by atoms with Crippen LogP contribution in [-0.4, -0.2) is 111 Å². The monoisotopic (exact) mass is 572 g/mol. The normalized spacial score (nSPS) is 30.1. The van der Waals surface area contributed by atoms with Gasteiger partial charge in [-0.15, -0.1) is 0 Å². The number of phenols is 2. The molecule has 1 fully saturated rings. The molecule has 1 aromatic carbocycles. The predicted octanol–water partition coefficient (Wildman–Crippen LogP) is -1.49. The Morgan fingerprint density at radius 1 is 0.975 bits per heavy atom. The number of rotatable bonds is 11. The topological polar surface area (TPSA) is 239 Å². The molecule has 2 aliphatic heterocycles. The molecular formula is C25H32O15. The number of ether oxygens (including phenoxy) is 5. The Kier molecular flexibility index (Phi) is 10.7. The number of carbonyl (C=O) groups is 3. The average molecular weight is 573 g/mol. The molecule has 40 heavy (non-hydrogen) atoms. The molecule has 0 bridgehead atoms. The number of hydrogen-bond donors (Lipinski definition) is 7. The first-order valence-electron chi connectivity index (χ1n) is 12.2. The average Bonchev–Trinajstić information content (AvgIpc) is 2.92. The first kappa shape index (κ1) is 31.1. The van der Waals surface area contributed by atoms with Gasteiger partial charge in [-0.1, -0.05) is 6.07 Å². The summed E-state index contributed by atoms with van der Waals surface area (Å²) in [5, 5.41) is 68.4. The molecule has 0 amide bonds. The number of aliphatic carboxylic acids is 1. The summed E-state index contributed by atoms with van der Waals surface area (Å²) in [6.07, 6.45) is -9.86. The highest BCUT2D eigenvalue weighted by molar-refractivity contribution is 5.90. The van der Waals surface area contributed by atoms with Gasteiger partial charge in [0.05, 0.1) is 45.0 Å². The molecule has 0 spiro atoms. The van der Waals surface area contributed by atoms with Crippen LogP contribution < -0.4 is 0 Å². The predicted molar refractivity (Wildman–Crippen MR) is 128 cm³/mol. The Morgan fingerprint density at radius 3 is 2.33 bits per heavy atom. The number of carbonyl (C=O) groups excluding carboxylic acids is 2. The van der Waals surface area contributed by atoms with Gasteiger partial charge >= 0.3 is 17.9 Å². The second-order valence-corrected chi connectivity index (χ2v) is 9.27. The van der Waals surface area contributed by atoms with Gasteiger partial charge in [-0.25, -0.2) is 4.79 Å². The highest BCUT2D eigenvalue weighted by Gasteiger charge is 2.49. The van der Waals surface area contributed by atoms with Crippen LogP contribution >= 0.6 is 0 Å². The molecule has 0 unspecified atom stereocenters. The van der Waals surface area contributed by atoms with Crippen LogP contribution in [0.15, 0.2) is 30.0 Å². The summed E-state index contributed by atoms with van der Waals surface area (Å²) in [5.74, 6) is -6.10. The number of esters is 2. The van der Waals surface area contributed by atoms with Crippen molar-refractivity contribution in [1.82, 2.24) is 0 Å². The number of benzene rings is 1. The minimum Gasteiger partial charge on any atom is -0.504 e. The molecule has 0 radical (unpaired) electrons. The van der Waals surface area contributed by atoms with E-state index >= 15 is 0 Å². The first-order valence-corrected chi connectivity index (χ1v) is 12.2. The van der Waals surface area contributed by atoms with E-state index in [4.69, 9.17) is 23.7 Å². The lowest BCUT2D eigenvalue weighted by Gasteiger charge is -2.43. The number of hydrogen-bond acceptors (Lipinski definition) is 14. The summed E-state index contributed by atoms with van der Waals surface area (Å²) in [6, 6.07) is 4.08. The quantitative estimate of drug-likeness (QED) is 0.118. The molecular weight excluding hydrogens is 540 g/mol. The number of carboxylic acids is 1. The summed E-state index contributed by atoms with van der Waals surface area (Å²) in [4.78, 5) is 36.9. The van der Waals surface area contributed by atoms with Crippen LogP contribution in [0.1, 0.15) is 18.4 Å². The van der Waals surface area contributed by atoms with E-state index in [1.54, 1.807) is 0 Å². The molecule has 2 heterocycles. The van der Waals surface area contributed by atoms with Gasteiger partial charge < -0.3 is 59.4 Å². The molecule has 8 atom stereocenters. The molecule has 15 heteroatoms. The number of aromatic hydroxyl groups is 2. The van der Waals surface area contributed by atoms with Crippen LogP contribution in [0.4, 0.5) is 0 Å². The lowest BCUT2D eigenvalue weighted by Crippen LogP contribution is -2.60. The Balaban J connectivity index is 1.77. The Bertz CT molecular complexity index is 1090. The van der Waals surface area contributed by atoms with Gasteiger partial charge in [-0.2, -0.15) is 0 Å². The van der Waals surface area contributed by atoms with Gasteiger partial charge in [-0.05, 0) is 17.7 Å². The van der Waals surface area contributed by atoms with Crippen LogP contribution in [0.5, 0.6) is 11.5 Å². The minimum atomic E-state index is -1.82. The summed E-state index contributed by atoms with van der Waals surface area (Å²) >= 11 is 0. The van der Waals surface area contributed by atoms with E-state index in [0.717, 1.165) is 13.4 Å². The van der Waals surface area contributed by atoms with Crippen molar-refractivity contribution in [3.63, 3.8) is 0 Å². The van der Waals surface area contributed by atoms with Gasteiger partial charge in [0.15, 0.2) is 17.8 Å². The van der Waals surface area contributed by atoms with Gasteiger partial charge in [0.25, 0.3) is 0 Å². The van der Waals surface area contributed by atoms with Gasteiger partial charge in [0, 0.05) is 18.3 Å². The Hall–Kier alpha value is -3.47. The zero-order chi connectivity index (χ0) is 29.6. The standard InChI is InChI=1S/C25H32O15/c1-36-23(35)14-10-38-24(40-25-22(34)21(33)20(32)17(9-26)39-25)13(7-18(29)30)12(14)8-19(31)37-5-4-11-2-3-15(27)16(28)6-11/h2-3,6,10,12-13,17,20-22,24-28,32-34H,4-5,7-9H2,1H3,(H,29,30)/t12-,13+,17-,20+,21+,22+,24-,25-/m0/s1.